The fraction of sp³-hybridized carbons (Fsp3) is 0.238. The van der Waals surface area contributed by atoms with E-state index in [1.165, 1.54) is 18.2 Å². The lowest BCUT2D eigenvalue weighted by Crippen LogP contribution is -2.14. The summed E-state index contributed by atoms with van der Waals surface area (Å²) >= 11 is 0. The lowest BCUT2D eigenvalue weighted by Gasteiger charge is -2.12. The predicted molar refractivity (Wildman–Crippen MR) is 105 cm³/mol. The second kappa shape index (κ2) is 9.18. The molecule has 8 heteroatoms. The molecule has 0 bridgehead atoms. The Hall–Kier alpha value is -3.42. The highest BCUT2D eigenvalue weighted by Crippen LogP contribution is 2.30. The number of benzene rings is 2. The first-order valence-electron chi connectivity index (χ1n) is 9.07. The highest BCUT2D eigenvalue weighted by atomic mass is 19.3. The maximum Gasteiger partial charge on any atom is 0.387 e. The molecule has 0 radical (unpaired) electrons. The van der Waals surface area contributed by atoms with Crippen molar-refractivity contribution in [2.45, 2.75) is 27.0 Å². The van der Waals surface area contributed by atoms with Gasteiger partial charge in [0.15, 0.2) is 17.3 Å². The molecule has 152 valence electrons. The standard InChI is InChI=1S/C21H21F2N3O3/c1-3-28-18-12-15(8-9-17(18)29-21(22)23)20(27)24-19-10-11-26(25-19)13-16-7-5-4-6-14(16)2/h4-12,21H,3,13H2,1-2H3,(H,24,25,27). The van der Waals surface area contributed by atoms with E-state index < -0.39 is 12.5 Å². The van der Waals surface area contributed by atoms with Crippen LogP contribution in [0, 0.1) is 6.92 Å². The molecule has 0 aliphatic heterocycles. The number of nitrogens with zero attached hydrogens (tertiary/aromatic N) is 2. The molecule has 0 aliphatic rings. The van der Waals surface area contributed by atoms with E-state index in [-0.39, 0.29) is 23.7 Å². The molecule has 1 amide bonds. The Morgan fingerprint density at radius 3 is 2.69 bits per heavy atom. The van der Waals surface area contributed by atoms with Crippen LogP contribution in [-0.4, -0.2) is 28.9 Å². The van der Waals surface area contributed by atoms with Crippen LogP contribution >= 0.6 is 0 Å². The van der Waals surface area contributed by atoms with E-state index in [0.29, 0.717) is 12.4 Å². The van der Waals surface area contributed by atoms with E-state index in [2.05, 4.69) is 15.2 Å². The number of halogens is 2. The van der Waals surface area contributed by atoms with Crippen molar-refractivity contribution >= 4 is 11.7 Å². The molecule has 3 rings (SSSR count). The third-order valence-electron chi connectivity index (χ3n) is 4.20. The van der Waals surface area contributed by atoms with E-state index >= 15 is 0 Å². The van der Waals surface area contributed by atoms with Gasteiger partial charge in [-0.3, -0.25) is 9.48 Å². The highest BCUT2D eigenvalue weighted by Gasteiger charge is 2.15. The number of hydrogen-bond acceptors (Lipinski definition) is 4. The summed E-state index contributed by atoms with van der Waals surface area (Å²) in [5.41, 5.74) is 2.52. The molecule has 2 aromatic carbocycles. The lowest BCUT2D eigenvalue weighted by molar-refractivity contribution is -0.0514. The summed E-state index contributed by atoms with van der Waals surface area (Å²) in [6.45, 7) is 1.58. The van der Waals surface area contributed by atoms with Crippen molar-refractivity contribution in [1.29, 1.82) is 0 Å². The number of aromatic nitrogens is 2. The SMILES string of the molecule is CCOc1cc(C(=O)Nc2ccn(Cc3ccccc3C)n2)ccc1OC(F)F. The molecule has 0 fully saturated rings. The number of nitrogens with one attached hydrogen (secondary N) is 1. The minimum absolute atomic E-state index is 0.0746. The van der Waals surface area contributed by atoms with Gasteiger partial charge in [-0.05, 0) is 43.2 Å². The van der Waals surface area contributed by atoms with Gasteiger partial charge in [0, 0.05) is 17.8 Å². The topological polar surface area (TPSA) is 65.4 Å². The van der Waals surface area contributed by atoms with Crippen molar-refractivity contribution in [2.75, 3.05) is 11.9 Å². The fourth-order valence-corrected chi connectivity index (χ4v) is 2.78. The second-order valence-electron chi connectivity index (χ2n) is 6.25. The molecule has 0 aliphatic carbocycles. The van der Waals surface area contributed by atoms with Crippen LogP contribution in [0.4, 0.5) is 14.6 Å². The maximum atomic E-state index is 12.5. The van der Waals surface area contributed by atoms with Gasteiger partial charge in [0.1, 0.15) is 0 Å². The van der Waals surface area contributed by atoms with Crippen LogP contribution in [0.2, 0.25) is 0 Å². The quantitative estimate of drug-likeness (QED) is 0.604. The predicted octanol–water partition coefficient (Wildman–Crippen LogP) is 4.49. The third-order valence-corrected chi connectivity index (χ3v) is 4.20. The Kier molecular flexibility index (Phi) is 6.43. The minimum atomic E-state index is -2.98. The molecule has 1 N–H and O–H groups in total. The van der Waals surface area contributed by atoms with Gasteiger partial charge in [0.25, 0.3) is 5.91 Å². The zero-order valence-corrected chi connectivity index (χ0v) is 16.1. The van der Waals surface area contributed by atoms with Crippen LogP contribution in [0.3, 0.4) is 0 Å². The number of carbonyl (C=O) groups is 1. The molecule has 6 nitrogen and oxygen atoms in total. The normalized spacial score (nSPS) is 10.8. The largest absolute Gasteiger partial charge is 0.490 e. The molecular formula is C21H21F2N3O3. The molecule has 3 aromatic rings. The average Bonchev–Trinajstić information content (AvgIpc) is 3.11. The van der Waals surface area contributed by atoms with Crippen molar-refractivity contribution in [3.05, 3.63) is 71.4 Å². The Bertz CT molecular complexity index is 989. The Morgan fingerprint density at radius 2 is 1.97 bits per heavy atom. The molecule has 0 unspecified atom stereocenters. The zero-order chi connectivity index (χ0) is 20.8. The lowest BCUT2D eigenvalue weighted by atomic mass is 10.1. The van der Waals surface area contributed by atoms with Crippen LogP contribution < -0.4 is 14.8 Å². The molecule has 0 saturated carbocycles. The van der Waals surface area contributed by atoms with Gasteiger partial charge >= 0.3 is 6.61 Å². The summed E-state index contributed by atoms with van der Waals surface area (Å²) in [5, 5.41) is 7.05. The molecule has 0 spiro atoms. The van der Waals surface area contributed by atoms with Crippen LogP contribution in [0.15, 0.2) is 54.7 Å². The number of carbonyl (C=O) groups excluding carboxylic acids is 1. The van der Waals surface area contributed by atoms with Gasteiger partial charge in [-0.15, -0.1) is 0 Å². The number of rotatable bonds is 8. The van der Waals surface area contributed by atoms with Crippen molar-refractivity contribution < 1.29 is 23.0 Å². The Labute approximate surface area is 167 Å². The van der Waals surface area contributed by atoms with Crippen LogP contribution in [0.5, 0.6) is 11.5 Å². The number of aryl methyl sites for hydroxylation is 1. The first-order chi connectivity index (χ1) is 14.0. The Morgan fingerprint density at radius 1 is 1.17 bits per heavy atom. The van der Waals surface area contributed by atoms with Gasteiger partial charge in [-0.25, -0.2) is 0 Å². The third kappa shape index (κ3) is 5.31. The monoisotopic (exact) mass is 401 g/mol. The Balaban J connectivity index is 1.71. The van der Waals surface area contributed by atoms with Gasteiger partial charge < -0.3 is 14.8 Å². The molecule has 1 aromatic heterocycles. The molecule has 0 atom stereocenters. The maximum absolute atomic E-state index is 12.5. The smallest absolute Gasteiger partial charge is 0.387 e. The summed E-state index contributed by atoms with van der Waals surface area (Å²) in [4.78, 5) is 12.5. The first kappa shape index (κ1) is 20.3. The van der Waals surface area contributed by atoms with E-state index in [0.717, 1.165) is 11.1 Å². The van der Waals surface area contributed by atoms with Gasteiger partial charge in [-0.1, -0.05) is 24.3 Å². The average molecular weight is 401 g/mol. The first-order valence-corrected chi connectivity index (χ1v) is 9.07. The summed E-state index contributed by atoms with van der Waals surface area (Å²) in [7, 11) is 0. The summed E-state index contributed by atoms with van der Waals surface area (Å²) in [6.07, 6.45) is 1.77. The van der Waals surface area contributed by atoms with Crippen molar-refractivity contribution in [2.24, 2.45) is 0 Å². The van der Waals surface area contributed by atoms with E-state index in [4.69, 9.17) is 4.74 Å². The number of alkyl halides is 2. The van der Waals surface area contributed by atoms with Crippen LogP contribution in [0.1, 0.15) is 28.4 Å². The second-order valence-corrected chi connectivity index (χ2v) is 6.25. The molecular weight excluding hydrogens is 380 g/mol. The number of hydrogen-bond donors (Lipinski definition) is 1. The number of amides is 1. The van der Waals surface area contributed by atoms with Crippen LogP contribution in [0.25, 0.3) is 0 Å². The molecule has 29 heavy (non-hydrogen) atoms. The van der Waals surface area contributed by atoms with Gasteiger partial charge in [0.05, 0.1) is 13.2 Å². The summed E-state index contributed by atoms with van der Waals surface area (Å²) < 4.78 is 36.4. The highest BCUT2D eigenvalue weighted by molar-refractivity contribution is 6.04. The van der Waals surface area contributed by atoms with E-state index in [1.807, 2.05) is 31.2 Å². The van der Waals surface area contributed by atoms with Crippen molar-refractivity contribution in [1.82, 2.24) is 9.78 Å². The van der Waals surface area contributed by atoms with Crippen LogP contribution in [-0.2, 0) is 6.54 Å². The zero-order valence-electron chi connectivity index (χ0n) is 16.1. The fourth-order valence-electron chi connectivity index (χ4n) is 2.78. The number of ether oxygens (including phenoxy) is 2. The van der Waals surface area contributed by atoms with Crippen molar-refractivity contribution in [3.63, 3.8) is 0 Å². The van der Waals surface area contributed by atoms with E-state index in [9.17, 15) is 13.6 Å². The van der Waals surface area contributed by atoms with E-state index in [1.54, 1.807) is 23.9 Å². The summed E-state index contributed by atoms with van der Waals surface area (Å²) in [5.74, 6) is -0.100. The number of anilines is 1. The van der Waals surface area contributed by atoms with Crippen molar-refractivity contribution in [3.8, 4) is 11.5 Å². The van der Waals surface area contributed by atoms with Gasteiger partial charge in [0.2, 0.25) is 0 Å². The minimum Gasteiger partial charge on any atom is -0.490 e. The molecule has 1 heterocycles. The van der Waals surface area contributed by atoms with Gasteiger partial charge in [-0.2, -0.15) is 13.9 Å². The summed E-state index contributed by atoms with van der Waals surface area (Å²) in [6, 6.07) is 13.7. The molecule has 0 saturated heterocycles.